The lowest BCUT2D eigenvalue weighted by molar-refractivity contribution is 0.161. The van der Waals surface area contributed by atoms with Gasteiger partial charge in [-0.15, -0.1) is 5.10 Å². The zero-order valence-corrected chi connectivity index (χ0v) is 13.4. The zero-order valence-electron chi connectivity index (χ0n) is 13.4. The quantitative estimate of drug-likeness (QED) is 0.879. The molecule has 3 rings (SSSR count). The van der Waals surface area contributed by atoms with E-state index in [-0.39, 0.29) is 0 Å². The minimum Gasteiger partial charge on any atom is -0.325 e. The summed E-state index contributed by atoms with van der Waals surface area (Å²) in [4.78, 5) is 2.51. The summed E-state index contributed by atoms with van der Waals surface area (Å²) in [6, 6.07) is 2.18. The molecule has 0 unspecified atom stereocenters. The average Bonchev–Trinajstić information content (AvgIpc) is 3.08. The summed E-state index contributed by atoms with van der Waals surface area (Å²) in [6.07, 6.45) is 4.37. The van der Waals surface area contributed by atoms with Gasteiger partial charge in [-0.2, -0.15) is 5.10 Å². The van der Waals surface area contributed by atoms with Crippen molar-refractivity contribution in [3.8, 4) is 0 Å². The predicted molar refractivity (Wildman–Crippen MR) is 83.9 cm³/mol. The molecule has 0 atom stereocenters. The molecule has 0 saturated carbocycles. The minimum absolute atomic E-state index is 0.461. The molecule has 1 aliphatic heterocycles. The molecular weight excluding hydrogens is 278 g/mol. The first kappa shape index (κ1) is 15.2. The van der Waals surface area contributed by atoms with Crippen LogP contribution in [0.15, 0.2) is 12.3 Å². The van der Waals surface area contributed by atoms with Crippen LogP contribution < -0.4 is 5.73 Å². The Morgan fingerprint density at radius 2 is 2.09 bits per heavy atom. The number of piperidine rings is 1. The van der Waals surface area contributed by atoms with Crippen molar-refractivity contribution in [2.45, 2.75) is 39.4 Å². The lowest BCUT2D eigenvalue weighted by Crippen LogP contribution is -2.35. The second-order valence-electron chi connectivity index (χ2n) is 6.26. The van der Waals surface area contributed by atoms with Gasteiger partial charge in [0.05, 0.1) is 17.1 Å². The Labute approximate surface area is 131 Å². The molecule has 3 heterocycles. The SMILES string of the molecule is Cc1cc(CN2CCC(Cn3cc(CN)nn3)CC2)n(C)n1. The van der Waals surface area contributed by atoms with Gasteiger partial charge in [-0.05, 0) is 44.8 Å². The van der Waals surface area contributed by atoms with Gasteiger partial charge in [0.2, 0.25) is 0 Å². The van der Waals surface area contributed by atoms with Crippen molar-refractivity contribution < 1.29 is 0 Å². The molecule has 0 spiro atoms. The van der Waals surface area contributed by atoms with E-state index in [0.29, 0.717) is 12.5 Å². The molecule has 120 valence electrons. The van der Waals surface area contributed by atoms with E-state index in [2.05, 4.69) is 26.4 Å². The normalized spacial score (nSPS) is 17.2. The van der Waals surface area contributed by atoms with Gasteiger partial charge in [0.25, 0.3) is 0 Å². The Morgan fingerprint density at radius 1 is 1.32 bits per heavy atom. The van der Waals surface area contributed by atoms with E-state index < -0.39 is 0 Å². The summed E-state index contributed by atoms with van der Waals surface area (Å²) in [5.74, 6) is 0.678. The third-order valence-electron chi connectivity index (χ3n) is 4.43. The number of hydrogen-bond donors (Lipinski definition) is 1. The lowest BCUT2D eigenvalue weighted by atomic mass is 9.97. The van der Waals surface area contributed by atoms with Crippen molar-refractivity contribution >= 4 is 0 Å². The summed E-state index contributed by atoms with van der Waals surface area (Å²) < 4.78 is 3.93. The first-order valence-corrected chi connectivity index (χ1v) is 7.95. The molecule has 2 aromatic heterocycles. The molecule has 0 aromatic carbocycles. The van der Waals surface area contributed by atoms with Crippen LogP contribution in [0.5, 0.6) is 0 Å². The molecule has 1 fully saturated rings. The molecule has 7 nitrogen and oxygen atoms in total. The van der Waals surface area contributed by atoms with Crippen molar-refractivity contribution in [2.75, 3.05) is 13.1 Å². The highest BCUT2D eigenvalue weighted by atomic mass is 15.4. The fourth-order valence-corrected chi connectivity index (χ4v) is 3.15. The molecule has 0 radical (unpaired) electrons. The van der Waals surface area contributed by atoms with Gasteiger partial charge in [0.15, 0.2) is 0 Å². The molecule has 0 bridgehead atoms. The number of rotatable bonds is 5. The second kappa shape index (κ2) is 6.58. The Hall–Kier alpha value is -1.73. The van der Waals surface area contributed by atoms with Crippen LogP contribution in [0.1, 0.15) is 29.9 Å². The highest BCUT2D eigenvalue weighted by Crippen LogP contribution is 2.20. The first-order chi connectivity index (χ1) is 10.6. The Balaban J connectivity index is 1.48. The molecule has 7 heteroatoms. The van der Waals surface area contributed by atoms with Crippen LogP contribution >= 0.6 is 0 Å². The summed E-state index contributed by atoms with van der Waals surface area (Å²) in [7, 11) is 2.02. The monoisotopic (exact) mass is 303 g/mol. The first-order valence-electron chi connectivity index (χ1n) is 7.95. The smallest absolute Gasteiger partial charge is 0.0962 e. The van der Waals surface area contributed by atoms with E-state index in [0.717, 1.165) is 37.6 Å². The van der Waals surface area contributed by atoms with Gasteiger partial charge in [0.1, 0.15) is 0 Å². The Kier molecular flexibility index (Phi) is 4.54. The van der Waals surface area contributed by atoms with Crippen LogP contribution in [0.4, 0.5) is 0 Å². The molecule has 1 aliphatic rings. The lowest BCUT2D eigenvalue weighted by Gasteiger charge is -2.31. The second-order valence-corrected chi connectivity index (χ2v) is 6.26. The Bertz CT molecular complexity index is 607. The van der Waals surface area contributed by atoms with E-state index >= 15 is 0 Å². The number of aryl methyl sites for hydroxylation is 2. The Morgan fingerprint density at radius 3 is 2.68 bits per heavy atom. The fraction of sp³-hybridized carbons (Fsp3) is 0.667. The molecule has 0 amide bonds. The molecule has 0 aliphatic carbocycles. The van der Waals surface area contributed by atoms with Gasteiger partial charge >= 0.3 is 0 Å². The van der Waals surface area contributed by atoms with Crippen LogP contribution in [0, 0.1) is 12.8 Å². The summed E-state index contributed by atoms with van der Waals surface area (Å²) in [5.41, 5.74) is 8.82. The molecular formula is C15H25N7. The summed E-state index contributed by atoms with van der Waals surface area (Å²) in [5, 5.41) is 12.6. The van der Waals surface area contributed by atoms with Gasteiger partial charge in [-0.25, -0.2) is 0 Å². The van der Waals surface area contributed by atoms with Crippen molar-refractivity contribution in [3.05, 3.63) is 29.3 Å². The van der Waals surface area contributed by atoms with Crippen molar-refractivity contribution in [1.29, 1.82) is 0 Å². The summed E-state index contributed by atoms with van der Waals surface area (Å²) >= 11 is 0. The van der Waals surface area contributed by atoms with Crippen molar-refractivity contribution in [1.82, 2.24) is 29.7 Å². The average molecular weight is 303 g/mol. The number of aromatic nitrogens is 5. The maximum absolute atomic E-state index is 5.57. The molecule has 2 aromatic rings. The van der Waals surface area contributed by atoms with Crippen LogP contribution in [-0.2, 0) is 26.7 Å². The van der Waals surface area contributed by atoms with Gasteiger partial charge in [-0.1, -0.05) is 5.21 Å². The van der Waals surface area contributed by atoms with Crippen molar-refractivity contribution in [2.24, 2.45) is 18.7 Å². The standard InChI is InChI=1S/C15H25N7/c1-12-7-15(20(2)18-12)11-21-5-3-13(4-6-21)9-22-10-14(8-16)17-19-22/h7,10,13H,3-6,8-9,11,16H2,1-2H3. The topological polar surface area (TPSA) is 77.8 Å². The van der Waals surface area contributed by atoms with E-state index in [1.165, 1.54) is 18.5 Å². The van der Waals surface area contributed by atoms with E-state index in [1.54, 1.807) is 0 Å². The van der Waals surface area contributed by atoms with Crippen LogP contribution in [0.3, 0.4) is 0 Å². The van der Waals surface area contributed by atoms with E-state index in [9.17, 15) is 0 Å². The molecule has 1 saturated heterocycles. The zero-order chi connectivity index (χ0) is 15.5. The predicted octanol–water partition coefficient (Wildman–Crippen LogP) is 0.691. The van der Waals surface area contributed by atoms with Gasteiger partial charge < -0.3 is 5.73 Å². The summed E-state index contributed by atoms with van der Waals surface area (Å²) in [6.45, 7) is 6.71. The van der Waals surface area contributed by atoms with Crippen molar-refractivity contribution in [3.63, 3.8) is 0 Å². The maximum Gasteiger partial charge on any atom is 0.0962 e. The third-order valence-corrected chi connectivity index (χ3v) is 4.43. The van der Waals surface area contributed by atoms with E-state index in [1.807, 2.05) is 29.5 Å². The number of nitrogens with two attached hydrogens (primary N) is 1. The largest absolute Gasteiger partial charge is 0.325 e. The van der Waals surface area contributed by atoms with Gasteiger partial charge in [0, 0.05) is 32.9 Å². The minimum atomic E-state index is 0.461. The maximum atomic E-state index is 5.57. The number of nitrogens with zero attached hydrogens (tertiary/aromatic N) is 6. The van der Waals surface area contributed by atoms with Crippen LogP contribution in [0.25, 0.3) is 0 Å². The number of hydrogen-bond acceptors (Lipinski definition) is 5. The highest BCUT2D eigenvalue weighted by Gasteiger charge is 2.21. The van der Waals surface area contributed by atoms with E-state index in [4.69, 9.17) is 5.73 Å². The van der Waals surface area contributed by atoms with Crippen LogP contribution in [0.2, 0.25) is 0 Å². The molecule has 2 N–H and O–H groups in total. The highest BCUT2D eigenvalue weighted by molar-refractivity contribution is 5.08. The van der Waals surface area contributed by atoms with Gasteiger partial charge in [-0.3, -0.25) is 14.3 Å². The number of likely N-dealkylation sites (tertiary alicyclic amines) is 1. The third kappa shape index (κ3) is 3.53. The van der Waals surface area contributed by atoms with Crippen LogP contribution in [-0.4, -0.2) is 42.8 Å². The fourth-order valence-electron chi connectivity index (χ4n) is 3.15. The molecule has 22 heavy (non-hydrogen) atoms.